The predicted molar refractivity (Wildman–Crippen MR) is 97.1 cm³/mol. The number of carbonyl (C=O) groups excluding carboxylic acids is 2. The highest BCUT2D eigenvalue weighted by molar-refractivity contribution is 5.94. The molecule has 1 atom stereocenters. The third-order valence-electron chi connectivity index (χ3n) is 6.78. The van der Waals surface area contributed by atoms with Crippen molar-refractivity contribution in [2.45, 2.75) is 44.9 Å². The van der Waals surface area contributed by atoms with Crippen molar-refractivity contribution >= 4 is 11.8 Å². The van der Waals surface area contributed by atoms with Crippen LogP contribution in [0.2, 0.25) is 0 Å². The lowest BCUT2D eigenvalue weighted by molar-refractivity contribution is -0.130. The Morgan fingerprint density at radius 2 is 1.81 bits per heavy atom. The highest BCUT2D eigenvalue weighted by Crippen LogP contribution is 2.53. The molecule has 1 saturated carbocycles. The molecule has 0 N–H and O–H groups in total. The summed E-state index contributed by atoms with van der Waals surface area (Å²) >= 11 is 0. The lowest BCUT2D eigenvalue weighted by Gasteiger charge is -2.43. The van der Waals surface area contributed by atoms with Crippen molar-refractivity contribution in [2.75, 3.05) is 26.2 Å². The van der Waals surface area contributed by atoms with Crippen molar-refractivity contribution < 1.29 is 18.4 Å². The third-order valence-corrected chi connectivity index (χ3v) is 6.78. The van der Waals surface area contributed by atoms with Gasteiger partial charge in [0, 0.05) is 38.7 Å². The summed E-state index contributed by atoms with van der Waals surface area (Å²) in [4.78, 5) is 28.8. The molecular weight excluding hydrogens is 350 g/mol. The van der Waals surface area contributed by atoms with Crippen molar-refractivity contribution in [1.82, 2.24) is 9.80 Å². The van der Waals surface area contributed by atoms with Crippen LogP contribution in [0.4, 0.5) is 8.78 Å². The van der Waals surface area contributed by atoms with Gasteiger partial charge in [0.2, 0.25) is 5.91 Å². The van der Waals surface area contributed by atoms with Gasteiger partial charge in [-0.2, -0.15) is 0 Å². The molecule has 6 heteroatoms. The fourth-order valence-electron chi connectivity index (χ4n) is 5.04. The Morgan fingerprint density at radius 1 is 1.07 bits per heavy atom. The molecule has 1 aromatic carbocycles. The van der Waals surface area contributed by atoms with Crippen molar-refractivity contribution in [3.8, 4) is 0 Å². The van der Waals surface area contributed by atoms with Crippen LogP contribution in [0.5, 0.6) is 0 Å². The SMILES string of the molecule is O=C(CCC1CN(C(=O)c2ccc(F)cc2F)CC12CCC2)N1CCCC1. The van der Waals surface area contributed by atoms with Gasteiger partial charge in [0.15, 0.2) is 0 Å². The van der Waals surface area contributed by atoms with E-state index in [1.54, 1.807) is 4.90 Å². The Morgan fingerprint density at radius 3 is 2.44 bits per heavy atom. The molecule has 146 valence electrons. The number of carbonyl (C=O) groups is 2. The summed E-state index contributed by atoms with van der Waals surface area (Å²) in [5, 5.41) is 0. The molecule has 0 radical (unpaired) electrons. The number of rotatable bonds is 4. The second-order valence-electron chi connectivity index (χ2n) is 8.35. The van der Waals surface area contributed by atoms with Gasteiger partial charge in [-0.05, 0) is 55.6 Å². The van der Waals surface area contributed by atoms with Crippen LogP contribution in [-0.2, 0) is 4.79 Å². The van der Waals surface area contributed by atoms with E-state index in [0.717, 1.165) is 63.7 Å². The Kier molecular flexibility index (Phi) is 4.91. The highest BCUT2D eigenvalue weighted by Gasteiger charge is 2.51. The molecule has 3 aliphatic rings. The summed E-state index contributed by atoms with van der Waals surface area (Å²) < 4.78 is 27.2. The fourth-order valence-corrected chi connectivity index (χ4v) is 5.04. The average Bonchev–Trinajstić information content (AvgIpc) is 3.26. The minimum Gasteiger partial charge on any atom is -0.343 e. The molecule has 2 amide bonds. The maximum Gasteiger partial charge on any atom is 0.256 e. The summed E-state index contributed by atoms with van der Waals surface area (Å²) in [6.45, 7) is 2.90. The first-order valence-corrected chi connectivity index (χ1v) is 10.0. The number of benzene rings is 1. The minimum atomic E-state index is -0.810. The zero-order valence-corrected chi connectivity index (χ0v) is 15.6. The molecule has 1 aromatic rings. The monoisotopic (exact) mass is 376 g/mol. The number of hydrogen-bond donors (Lipinski definition) is 0. The largest absolute Gasteiger partial charge is 0.343 e. The summed E-state index contributed by atoms with van der Waals surface area (Å²) in [5.41, 5.74) is 0.0111. The van der Waals surface area contributed by atoms with Crippen molar-refractivity contribution in [3.63, 3.8) is 0 Å². The topological polar surface area (TPSA) is 40.6 Å². The highest BCUT2D eigenvalue weighted by atomic mass is 19.1. The standard InChI is InChI=1S/C21H26F2N2O2/c22-16-5-6-17(18(23)12-16)20(27)25-13-15(21(14-25)8-3-9-21)4-7-19(26)24-10-1-2-11-24/h5-6,12,15H,1-4,7-11,13-14H2. The van der Waals surface area contributed by atoms with Crippen LogP contribution >= 0.6 is 0 Å². The smallest absolute Gasteiger partial charge is 0.256 e. The number of nitrogens with zero attached hydrogens (tertiary/aromatic N) is 2. The van der Waals surface area contributed by atoms with E-state index < -0.39 is 11.6 Å². The van der Waals surface area contributed by atoms with E-state index in [1.165, 1.54) is 6.07 Å². The van der Waals surface area contributed by atoms with Gasteiger partial charge in [0.25, 0.3) is 5.91 Å². The molecule has 0 aromatic heterocycles. The van der Waals surface area contributed by atoms with E-state index in [1.807, 2.05) is 4.90 Å². The average molecular weight is 376 g/mol. The minimum absolute atomic E-state index is 0.0698. The van der Waals surface area contributed by atoms with Crippen molar-refractivity contribution in [1.29, 1.82) is 0 Å². The van der Waals surface area contributed by atoms with E-state index in [2.05, 4.69) is 0 Å². The molecule has 2 saturated heterocycles. The second-order valence-corrected chi connectivity index (χ2v) is 8.35. The first-order valence-electron chi connectivity index (χ1n) is 10.0. The zero-order chi connectivity index (χ0) is 19.0. The lowest BCUT2D eigenvalue weighted by atomic mass is 9.62. The molecule has 3 fully saturated rings. The van der Waals surface area contributed by atoms with Gasteiger partial charge in [0.1, 0.15) is 11.6 Å². The van der Waals surface area contributed by atoms with Crippen molar-refractivity contribution in [2.24, 2.45) is 11.3 Å². The fraction of sp³-hybridized carbons (Fsp3) is 0.619. The van der Waals surface area contributed by atoms with E-state index in [0.29, 0.717) is 19.5 Å². The van der Waals surface area contributed by atoms with Gasteiger partial charge in [-0.1, -0.05) is 6.42 Å². The van der Waals surface area contributed by atoms with Crippen LogP contribution in [0.15, 0.2) is 18.2 Å². The summed E-state index contributed by atoms with van der Waals surface area (Å²) in [5.74, 6) is -1.36. The summed E-state index contributed by atoms with van der Waals surface area (Å²) in [6.07, 6.45) is 6.75. The molecule has 2 aliphatic heterocycles. The predicted octanol–water partition coefficient (Wildman–Crippen LogP) is 3.61. The quantitative estimate of drug-likeness (QED) is 0.805. The first kappa shape index (κ1) is 18.4. The number of amides is 2. The Balaban J connectivity index is 1.42. The van der Waals surface area contributed by atoms with Gasteiger partial charge in [-0.25, -0.2) is 8.78 Å². The number of likely N-dealkylation sites (tertiary alicyclic amines) is 2. The van der Waals surface area contributed by atoms with E-state index in [9.17, 15) is 18.4 Å². The molecule has 1 aliphatic carbocycles. The van der Waals surface area contributed by atoms with Crippen LogP contribution in [0.1, 0.15) is 55.3 Å². The van der Waals surface area contributed by atoms with Crippen LogP contribution in [0.25, 0.3) is 0 Å². The van der Waals surface area contributed by atoms with Gasteiger partial charge in [0.05, 0.1) is 5.56 Å². The molecule has 1 spiro atoms. The normalized spacial score (nSPS) is 23.7. The van der Waals surface area contributed by atoms with Crippen LogP contribution in [-0.4, -0.2) is 47.8 Å². The van der Waals surface area contributed by atoms with Gasteiger partial charge >= 0.3 is 0 Å². The number of halogens is 2. The van der Waals surface area contributed by atoms with Crippen LogP contribution in [0, 0.1) is 23.0 Å². The molecule has 0 bridgehead atoms. The van der Waals surface area contributed by atoms with Gasteiger partial charge in [-0.3, -0.25) is 9.59 Å². The molecular formula is C21H26F2N2O2. The van der Waals surface area contributed by atoms with E-state index in [-0.39, 0.29) is 28.7 Å². The third kappa shape index (κ3) is 3.46. The molecule has 27 heavy (non-hydrogen) atoms. The summed E-state index contributed by atoms with van der Waals surface area (Å²) in [7, 11) is 0. The Hall–Kier alpha value is -1.98. The van der Waals surface area contributed by atoms with E-state index >= 15 is 0 Å². The summed E-state index contributed by atoms with van der Waals surface area (Å²) in [6, 6.07) is 3.11. The van der Waals surface area contributed by atoms with Crippen LogP contribution in [0.3, 0.4) is 0 Å². The van der Waals surface area contributed by atoms with Crippen molar-refractivity contribution in [3.05, 3.63) is 35.4 Å². The van der Waals surface area contributed by atoms with Crippen LogP contribution < -0.4 is 0 Å². The Labute approximate surface area is 158 Å². The molecule has 2 heterocycles. The number of hydrogen-bond acceptors (Lipinski definition) is 2. The molecule has 1 unspecified atom stereocenters. The van der Waals surface area contributed by atoms with Gasteiger partial charge in [-0.15, -0.1) is 0 Å². The molecule has 4 rings (SSSR count). The first-order chi connectivity index (χ1) is 13.0. The van der Waals surface area contributed by atoms with Gasteiger partial charge < -0.3 is 9.80 Å². The maximum atomic E-state index is 14.0. The Bertz CT molecular complexity index is 742. The lowest BCUT2D eigenvalue weighted by Crippen LogP contribution is -2.39. The second kappa shape index (κ2) is 7.21. The maximum absolute atomic E-state index is 14.0. The zero-order valence-electron chi connectivity index (χ0n) is 15.6. The van der Waals surface area contributed by atoms with E-state index in [4.69, 9.17) is 0 Å². The molecule has 4 nitrogen and oxygen atoms in total.